The summed E-state index contributed by atoms with van der Waals surface area (Å²) in [5.41, 5.74) is -3.43. The fraction of sp³-hybridized carbons (Fsp3) is 0.0909. The van der Waals surface area contributed by atoms with Gasteiger partial charge in [-0.3, -0.25) is 0 Å². The molecule has 0 unspecified atom stereocenters. The Morgan fingerprint density at radius 2 is 0.500 bits per heavy atom. The van der Waals surface area contributed by atoms with Crippen molar-refractivity contribution in [2.45, 2.75) is 23.7 Å². The number of alkyl halides is 8. The summed E-state index contributed by atoms with van der Waals surface area (Å²) in [6.45, 7) is 0. The third kappa shape index (κ3) is 4.80. The smallest absolute Gasteiger partial charge is 0.194 e. The zero-order valence-corrected chi connectivity index (χ0v) is 27.0. The molecule has 0 radical (unpaired) electrons. The van der Waals surface area contributed by atoms with Crippen molar-refractivity contribution in [2.75, 3.05) is 0 Å². The van der Waals surface area contributed by atoms with Gasteiger partial charge in [0.05, 0.1) is 0 Å². The van der Waals surface area contributed by atoms with E-state index in [0.29, 0.717) is 47.5 Å². The Labute approximate surface area is 293 Å². The first-order chi connectivity index (χ1) is 24.9. The SMILES string of the molecule is FC1(F)c2ccc(cc2)C(F)(F)C(F)(F)c2ccc(c3c(-c4ccccc4)c(-c4ccccc4)c(-c4ccccc4)c(-c4ccccc4)c23)C1(F)F. The van der Waals surface area contributed by atoms with E-state index < -0.39 is 56.7 Å². The van der Waals surface area contributed by atoms with E-state index in [1.165, 1.54) is 0 Å². The van der Waals surface area contributed by atoms with E-state index in [2.05, 4.69) is 0 Å². The molecule has 0 amide bonds. The van der Waals surface area contributed by atoms with Crippen LogP contribution in [-0.2, 0) is 23.7 Å². The number of hydrogen-bond donors (Lipinski definition) is 0. The van der Waals surface area contributed by atoms with E-state index >= 15 is 35.1 Å². The second-order valence-corrected chi connectivity index (χ2v) is 12.7. The number of rotatable bonds is 4. The molecule has 0 fully saturated rings. The van der Waals surface area contributed by atoms with Gasteiger partial charge in [0.2, 0.25) is 0 Å². The van der Waals surface area contributed by atoms with Crippen molar-refractivity contribution in [2.24, 2.45) is 0 Å². The Balaban J connectivity index is 1.76. The van der Waals surface area contributed by atoms with Gasteiger partial charge in [-0.05, 0) is 44.5 Å². The van der Waals surface area contributed by atoms with Crippen LogP contribution in [0.3, 0.4) is 0 Å². The van der Waals surface area contributed by atoms with Gasteiger partial charge in [-0.15, -0.1) is 0 Å². The lowest BCUT2D eigenvalue weighted by Gasteiger charge is -2.35. The molecule has 0 N–H and O–H groups in total. The summed E-state index contributed by atoms with van der Waals surface area (Å²) in [7, 11) is 0. The maximum absolute atomic E-state index is 17.0. The predicted molar refractivity (Wildman–Crippen MR) is 188 cm³/mol. The van der Waals surface area contributed by atoms with Crippen LogP contribution in [0.15, 0.2) is 158 Å². The molecule has 258 valence electrons. The standard InChI is InChI=1S/C44H26F8/c45-41(46)31-21-23-32(24-22-31)42(47,48)44(51,52)34-26-25-33(43(41,49)50)39-37(29-17-9-3-10-18-29)35(27-13-5-1-6-14-27)36(28-15-7-2-8-16-28)38(40(34)39)30-19-11-4-12-20-30/h1-26H. The van der Waals surface area contributed by atoms with Crippen LogP contribution in [0, 0.1) is 0 Å². The summed E-state index contributed by atoms with van der Waals surface area (Å²) >= 11 is 0. The molecule has 0 aromatic heterocycles. The van der Waals surface area contributed by atoms with Crippen molar-refractivity contribution in [3.8, 4) is 44.5 Å². The molecule has 0 saturated carbocycles. The zero-order chi connectivity index (χ0) is 36.5. The van der Waals surface area contributed by atoms with Crippen LogP contribution < -0.4 is 0 Å². The Bertz CT molecular complexity index is 2250. The minimum Gasteiger partial charge on any atom is -0.194 e. The Kier molecular flexibility index (Phi) is 7.64. The maximum atomic E-state index is 17.0. The van der Waals surface area contributed by atoms with E-state index in [9.17, 15) is 0 Å². The van der Waals surface area contributed by atoms with Gasteiger partial charge in [0, 0.05) is 33.0 Å². The van der Waals surface area contributed by atoms with Gasteiger partial charge >= 0.3 is 23.7 Å². The molecule has 0 heterocycles. The average Bonchev–Trinajstić information content (AvgIpc) is 3.17. The van der Waals surface area contributed by atoms with Crippen LogP contribution in [0.2, 0.25) is 0 Å². The van der Waals surface area contributed by atoms with E-state index in [0.717, 1.165) is 0 Å². The summed E-state index contributed by atoms with van der Waals surface area (Å²) in [5.74, 6) is -20.0. The molecule has 0 saturated heterocycles. The van der Waals surface area contributed by atoms with E-state index in [-0.39, 0.29) is 33.4 Å². The fourth-order valence-corrected chi connectivity index (χ4v) is 7.31. The number of hydrogen-bond acceptors (Lipinski definition) is 0. The first kappa shape index (κ1) is 33.4. The molecule has 4 aliphatic rings. The Morgan fingerprint density at radius 3 is 0.769 bits per heavy atom. The van der Waals surface area contributed by atoms with Crippen molar-refractivity contribution in [3.63, 3.8) is 0 Å². The highest BCUT2D eigenvalue weighted by molar-refractivity contribution is 6.20. The summed E-state index contributed by atoms with van der Waals surface area (Å²) in [4.78, 5) is 0. The summed E-state index contributed by atoms with van der Waals surface area (Å²) in [5, 5.41) is -1.37. The van der Waals surface area contributed by atoms with Crippen LogP contribution in [0.1, 0.15) is 22.3 Å². The first-order valence-corrected chi connectivity index (χ1v) is 16.4. The molecule has 0 atom stereocenters. The molecule has 4 aliphatic carbocycles. The van der Waals surface area contributed by atoms with E-state index in [4.69, 9.17) is 0 Å². The van der Waals surface area contributed by atoms with Gasteiger partial charge in [0.25, 0.3) is 0 Å². The largest absolute Gasteiger partial charge is 0.340 e. The normalized spacial score (nSPS) is 16.7. The fourth-order valence-electron chi connectivity index (χ4n) is 7.31. The molecular formula is C44H26F8. The molecule has 0 spiro atoms. The average molecular weight is 707 g/mol. The third-order valence-corrected chi connectivity index (χ3v) is 9.78. The lowest BCUT2D eigenvalue weighted by molar-refractivity contribution is -0.226. The molecule has 52 heavy (non-hydrogen) atoms. The molecule has 0 nitrogen and oxygen atoms in total. The lowest BCUT2D eigenvalue weighted by Crippen LogP contribution is -2.39. The number of halogens is 8. The molecule has 7 aromatic rings. The van der Waals surface area contributed by atoms with Crippen molar-refractivity contribution in [1.82, 2.24) is 0 Å². The summed E-state index contributed by atoms with van der Waals surface area (Å²) in [6, 6.07) is 35.4. The molecule has 11 rings (SSSR count). The van der Waals surface area contributed by atoms with Crippen molar-refractivity contribution >= 4 is 10.8 Å². The van der Waals surface area contributed by atoms with Gasteiger partial charge < -0.3 is 0 Å². The highest BCUT2D eigenvalue weighted by Crippen LogP contribution is 2.61. The van der Waals surface area contributed by atoms with Crippen molar-refractivity contribution in [1.29, 1.82) is 0 Å². The minimum atomic E-state index is -5.03. The lowest BCUT2D eigenvalue weighted by atomic mass is 9.74. The highest BCUT2D eigenvalue weighted by atomic mass is 19.3. The first-order valence-electron chi connectivity index (χ1n) is 16.4. The van der Waals surface area contributed by atoms with Crippen LogP contribution in [0.4, 0.5) is 35.1 Å². The van der Waals surface area contributed by atoms with Gasteiger partial charge in [-0.1, -0.05) is 158 Å². The summed E-state index contributed by atoms with van der Waals surface area (Å²) in [6.07, 6.45) is 0. The molecule has 0 aliphatic heterocycles. The van der Waals surface area contributed by atoms with Crippen molar-refractivity contribution < 1.29 is 35.1 Å². The van der Waals surface area contributed by atoms with Gasteiger partial charge in [-0.2, -0.15) is 35.1 Å². The molecule has 4 bridgehead atoms. The summed E-state index contributed by atoms with van der Waals surface area (Å²) < 4.78 is 134. The van der Waals surface area contributed by atoms with Crippen LogP contribution >= 0.6 is 0 Å². The highest BCUT2D eigenvalue weighted by Gasteiger charge is 2.63. The van der Waals surface area contributed by atoms with Crippen LogP contribution in [0.25, 0.3) is 55.3 Å². The van der Waals surface area contributed by atoms with Gasteiger partial charge in [-0.25, -0.2) is 0 Å². The molecule has 8 heteroatoms. The number of benzene rings is 7. The molecular weight excluding hydrogens is 680 g/mol. The topological polar surface area (TPSA) is 0 Å². The monoisotopic (exact) mass is 706 g/mol. The van der Waals surface area contributed by atoms with E-state index in [1.54, 1.807) is 121 Å². The Hall–Kier alpha value is -5.76. The van der Waals surface area contributed by atoms with Gasteiger partial charge in [0.1, 0.15) is 0 Å². The Morgan fingerprint density at radius 1 is 0.250 bits per heavy atom. The van der Waals surface area contributed by atoms with E-state index in [1.807, 2.05) is 0 Å². The zero-order valence-electron chi connectivity index (χ0n) is 27.0. The molecule has 7 aromatic carbocycles. The second kappa shape index (κ2) is 11.9. The maximum Gasteiger partial charge on any atom is 0.340 e. The third-order valence-electron chi connectivity index (χ3n) is 9.78. The van der Waals surface area contributed by atoms with Crippen molar-refractivity contribution in [3.05, 3.63) is 180 Å². The van der Waals surface area contributed by atoms with Crippen LogP contribution in [-0.4, -0.2) is 0 Å². The quantitative estimate of drug-likeness (QED) is 0.160. The van der Waals surface area contributed by atoms with Gasteiger partial charge in [0.15, 0.2) is 0 Å². The van der Waals surface area contributed by atoms with Crippen LogP contribution in [0.5, 0.6) is 0 Å². The predicted octanol–water partition coefficient (Wildman–Crippen LogP) is 13.6. The second-order valence-electron chi connectivity index (χ2n) is 12.7. The minimum absolute atomic E-state index is 0.0854.